The first-order valence-electron chi connectivity index (χ1n) is 8.34. The van der Waals surface area contributed by atoms with Gasteiger partial charge in [-0.1, -0.05) is 0 Å². The SMILES string of the molecule is Cc1cnc2nc(-c3cc(NC(=O)C4CC(O)CN4)ccc3F)[nH]c2c1. The highest BCUT2D eigenvalue weighted by Gasteiger charge is 2.28. The highest BCUT2D eigenvalue weighted by molar-refractivity contribution is 5.95. The fraction of sp³-hybridized carbons (Fsp3) is 0.278. The molecule has 2 aromatic heterocycles. The first kappa shape index (κ1) is 16.6. The first-order valence-corrected chi connectivity index (χ1v) is 8.34. The number of aliphatic hydroxyl groups is 1. The van der Waals surface area contributed by atoms with E-state index in [1.54, 1.807) is 6.20 Å². The van der Waals surface area contributed by atoms with Crippen LogP contribution in [0.3, 0.4) is 0 Å². The molecular weight excluding hydrogens is 337 g/mol. The van der Waals surface area contributed by atoms with Gasteiger partial charge in [-0.25, -0.2) is 14.4 Å². The number of aryl methyl sites for hydroxylation is 1. The minimum absolute atomic E-state index is 0.248. The number of aromatic amines is 1. The number of hydrogen-bond acceptors (Lipinski definition) is 5. The van der Waals surface area contributed by atoms with Crippen LogP contribution in [-0.4, -0.2) is 44.7 Å². The van der Waals surface area contributed by atoms with E-state index in [0.717, 1.165) is 11.1 Å². The summed E-state index contributed by atoms with van der Waals surface area (Å²) in [6, 6.07) is 5.74. The number of pyridine rings is 1. The van der Waals surface area contributed by atoms with E-state index in [-0.39, 0.29) is 11.5 Å². The number of fused-ring (bicyclic) bond motifs is 1. The number of amides is 1. The Kier molecular flexibility index (Phi) is 4.14. The fourth-order valence-electron chi connectivity index (χ4n) is 3.06. The van der Waals surface area contributed by atoms with Gasteiger partial charge < -0.3 is 20.7 Å². The number of anilines is 1. The van der Waals surface area contributed by atoms with Crippen LogP contribution in [0.1, 0.15) is 12.0 Å². The number of nitrogens with zero attached hydrogens (tertiary/aromatic N) is 2. The van der Waals surface area contributed by atoms with Crippen LogP contribution in [0.2, 0.25) is 0 Å². The van der Waals surface area contributed by atoms with Crippen LogP contribution in [-0.2, 0) is 4.79 Å². The van der Waals surface area contributed by atoms with Gasteiger partial charge in [-0.3, -0.25) is 4.79 Å². The van der Waals surface area contributed by atoms with Gasteiger partial charge in [-0.15, -0.1) is 0 Å². The Bertz CT molecular complexity index is 987. The van der Waals surface area contributed by atoms with Crippen molar-refractivity contribution in [2.45, 2.75) is 25.5 Å². The molecule has 3 aromatic rings. The highest BCUT2D eigenvalue weighted by Crippen LogP contribution is 2.26. The van der Waals surface area contributed by atoms with Crippen LogP contribution in [0.4, 0.5) is 10.1 Å². The molecule has 134 valence electrons. The van der Waals surface area contributed by atoms with Gasteiger partial charge in [-0.2, -0.15) is 0 Å². The minimum atomic E-state index is -0.527. The molecule has 0 radical (unpaired) electrons. The molecule has 2 unspecified atom stereocenters. The zero-order valence-corrected chi connectivity index (χ0v) is 14.1. The van der Waals surface area contributed by atoms with Gasteiger partial charge in [0.2, 0.25) is 5.91 Å². The lowest BCUT2D eigenvalue weighted by Gasteiger charge is -2.12. The van der Waals surface area contributed by atoms with Crippen LogP contribution in [0.15, 0.2) is 30.5 Å². The van der Waals surface area contributed by atoms with E-state index < -0.39 is 18.0 Å². The van der Waals surface area contributed by atoms with E-state index in [0.29, 0.717) is 30.1 Å². The molecule has 1 aliphatic heterocycles. The molecule has 1 amide bonds. The predicted octanol–water partition coefficient (Wildman–Crippen LogP) is 1.73. The molecule has 4 N–H and O–H groups in total. The molecule has 2 atom stereocenters. The van der Waals surface area contributed by atoms with E-state index >= 15 is 0 Å². The maximum absolute atomic E-state index is 14.3. The predicted molar refractivity (Wildman–Crippen MR) is 95.1 cm³/mol. The van der Waals surface area contributed by atoms with Crippen molar-refractivity contribution in [2.75, 3.05) is 11.9 Å². The molecule has 0 saturated carbocycles. The largest absolute Gasteiger partial charge is 0.392 e. The number of benzene rings is 1. The maximum Gasteiger partial charge on any atom is 0.241 e. The second kappa shape index (κ2) is 6.47. The van der Waals surface area contributed by atoms with Crippen molar-refractivity contribution in [2.24, 2.45) is 0 Å². The third kappa shape index (κ3) is 3.16. The smallest absolute Gasteiger partial charge is 0.241 e. The molecular formula is C18H18FN5O2. The molecule has 1 aliphatic rings. The number of H-pyrrole nitrogens is 1. The van der Waals surface area contributed by atoms with Crippen molar-refractivity contribution >= 4 is 22.8 Å². The molecule has 1 saturated heterocycles. The second-order valence-corrected chi connectivity index (χ2v) is 6.50. The topological polar surface area (TPSA) is 103 Å². The van der Waals surface area contributed by atoms with Gasteiger partial charge in [0.1, 0.15) is 11.6 Å². The van der Waals surface area contributed by atoms with Crippen molar-refractivity contribution in [3.8, 4) is 11.4 Å². The normalized spacial score (nSPS) is 19.8. The van der Waals surface area contributed by atoms with E-state index in [1.807, 2.05) is 13.0 Å². The number of carbonyl (C=O) groups is 1. The lowest BCUT2D eigenvalue weighted by molar-refractivity contribution is -0.117. The number of hydrogen-bond donors (Lipinski definition) is 4. The average molecular weight is 355 g/mol. The Balaban J connectivity index is 1.62. The molecule has 0 spiro atoms. The molecule has 1 fully saturated rings. The Morgan fingerprint density at radius 1 is 1.38 bits per heavy atom. The number of imidazole rings is 1. The fourth-order valence-corrected chi connectivity index (χ4v) is 3.06. The van der Waals surface area contributed by atoms with Gasteiger partial charge in [-0.05, 0) is 43.2 Å². The van der Waals surface area contributed by atoms with Crippen molar-refractivity contribution in [3.05, 3.63) is 41.8 Å². The third-order valence-corrected chi connectivity index (χ3v) is 4.39. The summed E-state index contributed by atoms with van der Waals surface area (Å²) in [6.45, 7) is 2.30. The molecule has 7 nitrogen and oxygen atoms in total. The lowest BCUT2D eigenvalue weighted by atomic mass is 10.1. The monoisotopic (exact) mass is 355 g/mol. The van der Waals surface area contributed by atoms with Gasteiger partial charge in [0, 0.05) is 18.4 Å². The summed E-state index contributed by atoms with van der Waals surface area (Å²) in [6.07, 6.45) is 1.53. The van der Waals surface area contributed by atoms with Crippen LogP contribution >= 0.6 is 0 Å². The molecule has 26 heavy (non-hydrogen) atoms. The van der Waals surface area contributed by atoms with Crippen LogP contribution in [0, 0.1) is 12.7 Å². The number of nitrogens with one attached hydrogen (secondary N) is 3. The number of aliphatic hydroxyl groups excluding tert-OH is 1. The lowest BCUT2D eigenvalue weighted by Crippen LogP contribution is -2.35. The van der Waals surface area contributed by atoms with E-state index in [4.69, 9.17) is 0 Å². The van der Waals surface area contributed by atoms with Crippen molar-refractivity contribution < 1.29 is 14.3 Å². The number of β-amino-alcohol motifs (C(OH)–C–C–N with tert-alkyl or cyclic N) is 1. The maximum atomic E-state index is 14.3. The molecule has 8 heteroatoms. The third-order valence-electron chi connectivity index (χ3n) is 4.39. The molecule has 0 bridgehead atoms. The van der Waals surface area contributed by atoms with Gasteiger partial charge in [0.25, 0.3) is 0 Å². The molecule has 1 aromatic carbocycles. The minimum Gasteiger partial charge on any atom is -0.392 e. The quantitative estimate of drug-likeness (QED) is 0.573. The van der Waals surface area contributed by atoms with Crippen LogP contribution in [0.25, 0.3) is 22.6 Å². The number of aromatic nitrogens is 3. The summed E-state index contributed by atoms with van der Waals surface area (Å²) in [5, 5.41) is 15.2. The average Bonchev–Trinajstić information content (AvgIpc) is 3.22. The summed E-state index contributed by atoms with van der Waals surface area (Å²) < 4.78 is 14.3. The number of carbonyl (C=O) groups excluding carboxylic acids is 1. The Hall–Kier alpha value is -2.84. The number of halogens is 1. The summed E-state index contributed by atoms with van der Waals surface area (Å²) in [4.78, 5) is 23.9. The van der Waals surface area contributed by atoms with Crippen molar-refractivity contribution in [3.63, 3.8) is 0 Å². The van der Waals surface area contributed by atoms with Gasteiger partial charge in [0.05, 0.1) is 23.2 Å². The van der Waals surface area contributed by atoms with Crippen LogP contribution in [0.5, 0.6) is 0 Å². The standard InChI is InChI=1S/C18H18FN5O2/c1-9-4-14-17(21-7-9)24-16(23-14)12-5-10(2-3-13(12)19)22-18(26)15-6-11(25)8-20-15/h2-5,7,11,15,20,25H,6,8H2,1H3,(H,22,26)(H,21,23,24). The molecule has 3 heterocycles. The van der Waals surface area contributed by atoms with Crippen LogP contribution < -0.4 is 10.6 Å². The highest BCUT2D eigenvalue weighted by atomic mass is 19.1. The van der Waals surface area contributed by atoms with E-state index in [9.17, 15) is 14.3 Å². The van der Waals surface area contributed by atoms with E-state index in [1.165, 1.54) is 18.2 Å². The summed E-state index contributed by atoms with van der Waals surface area (Å²) in [5.74, 6) is -0.365. The van der Waals surface area contributed by atoms with Gasteiger partial charge in [0.15, 0.2) is 5.65 Å². The summed E-state index contributed by atoms with van der Waals surface area (Å²) in [5.41, 5.74) is 2.90. The Morgan fingerprint density at radius 3 is 3.00 bits per heavy atom. The first-order chi connectivity index (χ1) is 12.5. The Labute approximate surface area is 148 Å². The zero-order valence-electron chi connectivity index (χ0n) is 14.1. The second-order valence-electron chi connectivity index (χ2n) is 6.50. The summed E-state index contributed by atoms with van der Waals surface area (Å²) >= 11 is 0. The van der Waals surface area contributed by atoms with Crippen molar-refractivity contribution in [1.82, 2.24) is 20.3 Å². The summed E-state index contributed by atoms with van der Waals surface area (Å²) in [7, 11) is 0. The number of rotatable bonds is 3. The zero-order chi connectivity index (χ0) is 18.3. The Morgan fingerprint density at radius 2 is 2.23 bits per heavy atom. The molecule has 4 rings (SSSR count). The van der Waals surface area contributed by atoms with E-state index in [2.05, 4.69) is 25.6 Å². The van der Waals surface area contributed by atoms with Gasteiger partial charge >= 0.3 is 0 Å². The molecule has 0 aliphatic carbocycles. The van der Waals surface area contributed by atoms with Crippen molar-refractivity contribution in [1.29, 1.82) is 0 Å².